The Hall–Kier alpha value is -1.64. The summed E-state index contributed by atoms with van der Waals surface area (Å²) >= 11 is 0. The van der Waals surface area contributed by atoms with Crippen molar-refractivity contribution >= 4 is 15.9 Å². The highest BCUT2D eigenvalue weighted by Crippen LogP contribution is 2.50. The van der Waals surface area contributed by atoms with Crippen molar-refractivity contribution < 1.29 is 18.3 Å². The Morgan fingerprint density at radius 3 is 2.17 bits per heavy atom. The Kier molecular flexibility index (Phi) is 6.46. The van der Waals surface area contributed by atoms with E-state index >= 15 is 0 Å². The minimum Gasteiger partial charge on any atom is -0.388 e. The molecule has 2 saturated heterocycles. The van der Waals surface area contributed by atoms with Crippen molar-refractivity contribution in [3.8, 4) is 0 Å². The van der Waals surface area contributed by atoms with Crippen LogP contribution in [0.2, 0.25) is 0 Å². The monoisotopic (exact) mass is 503 g/mol. The van der Waals surface area contributed by atoms with Gasteiger partial charge in [-0.3, -0.25) is 4.90 Å². The van der Waals surface area contributed by atoms with E-state index in [1.165, 1.54) is 24.8 Å². The number of β-amino-alcohol motifs (C(OH)–C–C–N with tert-alkyl or cyclic N) is 1. The second kappa shape index (κ2) is 9.03. The summed E-state index contributed by atoms with van der Waals surface area (Å²) in [6.45, 7) is 1.68. The maximum Gasteiger partial charge on any atom is 0.320 e. The third-order valence-corrected chi connectivity index (χ3v) is 11.3. The highest BCUT2D eigenvalue weighted by atomic mass is 32.2. The molecule has 0 unspecified atom stereocenters. The number of hydrogen-bond acceptors (Lipinski definition) is 5. The zero-order valence-corrected chi connectivity index (χ0v) is 22.1. The first kappa shape index (κ1) is 25.0. The maximum absolute atomic E-state index is 13.8. The van der Waals surface area contributed by atoms with Gasteiger partial charge in [-0.25, -0.2) is 13.2 Å². The van der Waals surface area contributed by atoms with Crippen molar-refractivity contribution in [2.45, 2.75) is 74.5 Å². The largest absolute Gasteiger partial charge is 0.388 e. The Bertz CT molecular complexity index is 1020. The fraction of sp³-hybridized carbons (Fsp3) is 0.741. The zero-order chi connectivity index (χ0) is 24.9. The first-order valence-electron chi connectivity index (χ1n) is 13.3. The van der Waals surface area contributed by atoms with E-state index < -0.39 is 15.4 Å². The Morgan fingerprint density at radius 2 is 1.63 bits per heavy atom. The summed E-state index contributed by atoms with van der Waals surface area (Å²) in [4.78, 5) is 20.1. The summed E-state index contributed by atoms with van der Waals surface area (Å²) in [5.41, 5.74) is -0.0239. The number of rotatable bonds is 6. The Labute approximate surface area is 210 Å². The minimum absolute atomic E-state index is 0.00485. The fourth-order valence-electron chi connectivity index (χ4n) is 6.94. The molecule has 194 valence electrons. The lowest BCUT2D eigenvalue weighted by Gasteiger charge is -2.51. The normalized spacial score (nSPS) is 30.1. The molecule has 0 atom stereocenters. The summed E-state index contributed by atoms with van der Waals surface area (Å²) in [5, 5.41) is 11.2. The number of urea groups is 1. The van der Waals surface area contributed by atoms with Crippen LogP contribution in [-0.4, -0.2) is 90.6 Å². The highest BCUT2D eigenvalue weighted by molar-refractivity contribution is 7.91. The molecular formula is C27H41N3O4S. The number of hydrogen-bond donors (Lipinski definition) is 1. The van der Waals surface area contributed by atoms with Crippen LogP contribution in [0, 0.1) is 5.92 Å². The molecule has 4 fully saturated rings. The quantitative estimate of drug-likeness (QED) is 0.645. The van der Waals surface area contributed by atoms with E-state index in [2.05, 4.69) is 54.2 Å². The smallest absolute Gasteiger partial charge is 0.320 e. The van der Waals surface area contributed by atoms with Crippen molar-refractivity contribution in [1.82, 2.24) is 14.7 Å². The van der Waals surface area contributed by atoms with E-state index in [-0.39, 0.29) is 48.0 Å². The van der Waals surface area contributed by atoms with E-state index in [0.717, 1.165) is 32.2 Å². The topological polar surface area (TPSA) is 81.2 Å². The molecule has 35 heavy (non-hydrogen) atoms. The van der Waals surface area contributed by atoms with Crippen molar-refractivity contribution in [3.63, 3.8) is 0 Å². The van der Waals surface area contributed by atoms with E-state index in [1.807, 2.05) is 4.90 Å². The molecule has 2 aliphatic carbocycles. The number of benzene rings is 1. The van der Waals surface area contributed by atoms with Crippen LogP contribution in [-0.2, 0) is 15.4 Å². The highest BCUT2D eigenvalue weighted by Gasteiger charge is 2.56. The number of sulfone groups is 1. The van der Waals surface area contributed by atoms with Crippen LogP contribution in [0.1, 0.15) is 63.4 Å². The fourth-order valence-corrected chi connectivity index (χ4v) is 8.53. The van der Waals surface area contributed by atoms with E-state index in [1.54, 1.807) is 0 Å². The van der Waals surface area contributed by atoms with Gasteiger partial charge in [0.15, 0.2) is 9.84 Å². The molecule has 0 bridgehead atoms. The van der Waals surface area contributed by atoms with Gasteiger partial charge in [0.1, 0.15) is 0 Å². The van der Waals surface area contributed by atoms with E-state index in [0.29, 0.717) is 12.5 Å². The number of nitrogens with zero attached hydrogens (tertiary/aromatic N) is 3. The maximum atomic E-state index is 13.8. The summed E-state index contributed by atoms with van der Waals surface area (Å²) in [7, 11) is 1.25. The molecule has 5 rings (SSSR count). The molecule has 1 N–H and O–H groups in total. The molecule has 1 aromatic rings. The first-order valence-corrected chi connectivity index (χ1v) is 15.1. The van der Waals surface area contributed by atoms with Crippen LogP contribution in [0.5, 0.6) is 0 Å². The summed E-state index contributed by atoms with van der Waals surface area (Å²) < 4.78 is 23.8. The lowest BCUT2D eigenvalue weighted by molar-refractivity contribution is 0.00133. The predicted molar refractivity (Wildman–Crippen MR) is 137 cm³/mol. The summed E-state index contributed by atoms with van der Waals surface area (Å²) in [5.74, 6) is 0.587. The van der Waals surface area contributed by atoms with Gasteiger partial charge in [0, 0.05) is 18.6 Å². The predicted octanol–water partition coefficient (Wildman–Crippen LogP) is 3.23. The van der Waals surface area contributed by atoms with E-state index in [9.17, 15) is 18.3 Å². The molecule has 7 nitrogen and oxygen atoms in total. The van der Waals surface area contributed by atoms with E-state index in [4.69, 9.17) is 0 Å². The lowest BCUT2D eigenvalue weighted by Crippen LogP contribution is -2.56. The molecule has 2 saturated carbocycles. The average molecular weight is 504 g/mol. The first-order chi connectivity index (χ1) is 16.6. The van der Waals surface area contributed by atoms with Gasteiger partial charge in [0.05, 0.1) is 29.2 Å². The van der Waals surface area contributed by atoms with Gasteiger partial charge in [0.2, 0.25) is 0 Å². The lowest BCUT2D eigenvalue weighted by atomic mass is 9.68. The van der Waals surface area contributed by atoms with Crippen molar-refractivity contribution in [2.75, 3.05) is 45.2 Å². The number of aliphatic hydroxyl groups is 1. The standard InChI is InChI=1S/C27H41N3O4S/c1-28(2)27(23-9-4-3-5-10-23)13-11-25(12-14-27)20-29(24(31)30(25)19-22-7-6-8-22)21-26(32)15-17-35(33,34)18-16-26/h3-5,9-10,22,32H,6-8,11-21H2,1-2H3. The average Bonchev–Trinajstić information content (AvgIpc) is 3.04. The van der Waals surface area contributed by atoms with Crippen LogP contribution in [0.4, 0.5) is 4.79 Å². The second-order valence-electron chi connectivity index (χ2n) is 11.9. The van der Waals surface area contributed by atoms with Gasteiger partial charge in [-0.05, 0) is 76.9 Å². The third kappa shape index (κ3) is 4.62. The molecule has 4 aliphatic rings. The van der Waals surface area contributed by atoms with Gasteiger partial charge >= 0.3 is 6.03 Å². The summed E-state index contributed by atoms with van der Waals surface area (Å²) in [6.07, 6.45) is 7.88. The second-order valence-corrected chi connectivity index (χ2v) is 14.2. The van der Waals surface area contributed by atoms with Gasteiger partial charge in [-0.2, -0.15) is 0 Å². The number of amides is 2. The van der Waals surface area contributed by atoms with Crippen LogP contribution in [0.25, 0.3) is 0 Å². The Morgan fingerprint density at radius 1 is 1.00 bits per heavy atom. The molecule has 0 aromatic heterocycles. The third-order valence-electron chi connectivity index (χ3n) is 9.64. The van der Waals surface area contributed by atoms with Crippen LogP contribution >= 0.6 is 0 Å². The molecule has 0 radical (unpaired) electrons. The van der Waals surface area contributed by atoms with Crippen LogP contribution in [0.3, 0.4) is 0 Å². The van der Waals surface area contributed by atoms with Gasteiger partial charge < -0.3 is 14.9 Å². The SMILES string of the molecule is CN(C)C1(c2ccccc2)CCC2(CC1)CN(CC1(O)CCS(=O)(=O)CC1)C(=O)N2CC1CCC1. The molecule has 1 spiro atoms. The molecular weight excluding hydrogens is 462 g/mol. The molecule has 1 aromatic carbocycles. The Balaban J connectivity index is 1.37. The zero-order valence-electron chi connectivity index (χ0n) is 21.3. The molecule has 2 heterocycles. The van der Waals surface area contributed by atoms with Crippen molar-refractivity contribution in [1.29, 1.82) is 0 Å². The van der Waals surface area contributed by atoms with Gasteiger partial charge in [0.25, 0.3) is 0 Å². The molecule has 8 heteroatoms. The number of carbonyl (C=O) groups excluding carboxylic acids is 1. The van der Waals surface area contributed by atoms with Crippen LogP contribution < -0.4 is 0 Å². The van der Waals surface area contributed by atoms with Crippen molar-refractivity contribution in [3.05, 3.63) is 35.9 Å². The molecule has 2 aliphatic heterocycles. The van der Waals surface area contributed by atoms with Crippen molar-refractivity contribution in [2.24, 2.45) is 5.92 Å². The summed E-state index contributed by atoms with van der Waals surface area (Å²) in [6, 6.07) is 10.8. The molecule has 2 amide bonds. The van der Waals surface area contributed by atoms with Crippen LogP contribution in [0.15, 0.2) is 30.3 Å². The minimum atomic E-state index is -3.08. The van der Waals surface area contributed by atoms with Gasteiger partial charge in [-0.15, -0.1) is 0 Å². The number of carbonyl (C=O) groups is 1. The van der Waals surface area contributed by atoms with Gasteiger partial charge in [-0.1, -0.05) is 36.8 Å².